The number of esters is 1. The van der Waals surface area contributed by atoms with Gasteiger partial charge in [-0.1, -0.05) is 0 Å². The average Bonchev–Trinajstić information content (AvgIpc) is 1.83. The van der Waals surface area contributed by atoms with Crippen molar-refractivity contribution < 1.29 is 23.9 Å². The Kier molecular flexibility index (Phi) is 2.98. The first kappa shape index (κ1) is 9.58. The molecule has 0 bridgehead atoms. The number of ether oxygens (including phenoxy) is 1. The summed E-state index contributed by atoms with van der Waals surface area (Å²) in [5.41, 5.74) is 4.77. The van der Waals surface area contributed by atoms with Crippen LogP contribution in [-0.2, 0) is 14.1 Å². The van der Waals surface area contributed by atoms with Crippen LogP contribution < -0.4 is 5.73 Å². The van der Waals surface area contributed by atoms with Crippen molar-refractivity contribution >= 4 is 13.6 Å². The molecule has 6 nitrogen and oxygen atoms in total. The minimum absolute atomic E-state index is 0.998. The Morgan fingerprint density at radius 3 is 2.20 bits per heavy atom. The van der Waals surface area contributed by atoms with Crippen molar-refractivity contribution in [3.8, 4) is 0 Å². The highest BCUT2D eigenvalue weighted by molar-refractivity contribution is 7.53. The molecule has 7 heteroatoms. The van der Waals surface area contributed by atoms with E-state index in [4.69, 9.17) is 15.5 Å². The van der Waals surface area contributed by atoms with E-state index in [-0.39, 0.29) is 0 Å². The van der Waals surface area contributed by atoms with Crippen LogP contribution in [0.4, 0.5) is 0 Å². The molecule has 0 spiro atoms. The SMILES string of the molecule is COC(=O)C(N)P(=O)(O)O. The molecule has 10 heavy (non-hydrogen) atoms. The Labute approximate surface area is 57.1 Å². The molecule has 60 valence electrons. The van der Waals surface area contributed by atoms with E-state index in [2.05, 4.69) is 4.74 Å². The molecule has 0 saturated carbocycles. The molecule has 0 amide bonds. The van der Waals surface area contributed by atoms with Crippen LogP contribution in [0.25, 0.3) is 0 Å². The monoisotopic (exact) mass is 169 g/mol. The standard InChI is InChI=1S/C3H8NO5P/c1-9-3(5)2(4)10(6,7)8/h2H,4H2,1H3,(H2,6,7,8). The second kappa shape index (κ2) is 3.12. The normalized spacial score (nSPS) is 14.4. The van der Waals surface area contributed by atoms with Gasteiger partial charge in [-0.2, -0.15) is 0 Å². The quantitative estimate of drug-likeness (QED) is 0.347. The van der Waals surface area contributed by atoms with Crippen LogP contribution in [0, 0.1) is 0 Å². The summed E-state index contributed by atoms with van der Waals surface area (Å²) in [5, 5.41) is 0. The fourth-order valence-corrected chi connectivity index (χ4v) is 0.638. The van der Waals surface area contributed by atoms with E-state index >= 15 is 0 Å². The van der Waals surface area contributed by atoms with E-state index in [0.29, 0.717) is 0 Å². The van der Waals surface area contributed by atoms with E-state index < -0.39 is 19.3 Å². The van der Waals surface area contributed by atoms with E-state index in [9.17, 15) is 9.36 Å². The molecule has 0 rings (SSSR count). The maximum Gasteiger partial charge on any atom is 0.353 e. The number of hydrogen-bond acceptors (Lipinski definition) is 4. The molecule has 4 N–H and O–H groups in total. The maximum absolute atomic E-state index is 10.3. The first-order valence-electron chi connectivity index (χ1n) is 2.28. The minimum Gasteiger partial charge on any atom is -0.467 e. The first-order valence-corrected chi connectivity index (χ1v) is 3.96. The van der Waals surface area contributed by atoms with E-state index in [1.54, 1.807) is 0 Å². The predicted octanol–water partition coefficient (Wildman–Crippen LogP) is -1.38. The smallest absolute Gasteiger partial charge is 0.353 e. The van der Waals surface area contributed by atoms with Crippen LogP contribution in [0.3, 0.4) is 0 Å². The van der Waals surface area contributed by atoms with Crippen LogP contribution in [0.2, 0.25) is 0 Å². The van der Waals surface area contributed by atoms with Gasteiger partial charge in [0.05, 0.1) is 7.11 Å². The molecule has 0 heterocycles. The summed E-state index contributed by atoms with van der Waals surface area (Å²) in [6.07, 6.45) is 0. The molecule has 0 aromatic carbocycles. The third-order valence-electron chi connectivity index (χ3n) is 0.805. The van der Waals surface area contributed by atoms with Crippen molar-refractivity contribution in [3.63, 3.8) is 0 Å². The van der Waals surface area contributed by atoms with Gasteiger partial charge in [0, 0.05) is 0 Å². The number of hydrogen-bond donors (Lipinski definition) is 3. The van der Waals surface area contributed by atoms with Gasteiger partial charge in [0.15, 0.2) is 0 Å². The summed E-state index contributed by atoms with van der Waals surface area (Å²) in [6.45, 7) is 0. The fraction of sp³-hybridized carbons (Fsp3) is 0.667. The Morgan fingerprint density at radius 2 is 2.10 bits per heavy atom. The Morgan fingerprint density at radius 1 is 1.70 bits per heavy atom. The van der Waals surface area contributed by atoms with Gasteiger partial charge in [-0.15, -0.1) is 0 Å². The number of rotatable bonds is 2. The van der Waals surface area contributed by atoms with Gasteiger partial charge in [0.25, 0.3) is 0 Å². The predicted molar refractivity (Wildman–Crippen MR) is 32.0 cm³/mol. The Balaban J connectivity index is 4.23. The van der Waals surface area contributed by atoms with Crippen molar-refractivity contribution in [3.05, 3.63) is 0 Å². The number of carbonyl (C=O) groups excluding carboxylic acids is 1. The lowest BCUT2D eigenvalue weighted by molar-refractivity contribution is -0.140. The molecule has 0 aromatic rings. The molecular formula is C3H8NO5P. The highest BCUT2D eigenvalue weighted by atomic mass is 31.2. The molecule has 0 fully saturated rings. The van der Waals surface area contributed by atoms with Crippen LogP contribution in [0.5, 0.6) is 0 Å². The summed E-state index contributed by atoms with van der Waals surface area (Å²) < 4.78 is 14.2. The van der Waals surface area contributed by atoms with Crippen LogP contribution >= 0.6 is 7.60 Å². The molecule has 1 unspecified atom stereocenters. The topological polar surface area (TPSA) is 110 Å². The Bertz CT molecular complexity index is 174. The maximum atomic E-state index is 10.3. The average molecular weight is 169 g/mol. The molecule has 0 aliphatic heterocycles. The second-order valence-electron chi connectivity index (χ2n) is 1.56. The number of carbonyl (C=O) groups is 1. The van der Waals surface area contributed by atoms with Gasteiger partial charge in [-0.3, -0.25) is 4.57 Å². The summed E-state index contributed by atoms with van der Waals surface area (Å²) in [7, 11) is -3.53. The van der Waals surface area contributed by atoms with Crippen molar-refractivity contribution in [2.45, 2.75) is 5.78 Å². The summed E-state index contributed by atoms with van der Waals surface area (Å²) in [5.74, 6) is -2.98. The van der Waals surface area contributed by atoms with Gasteiger partial charge in [-0.05, 0) is 0 Å². The van der Waals surface area contributed by atoms with Gasteiger partial charge in [-0.25, -0.2) is 4.79 Å². The van der Waals surface area contributed by atoms with Gasteiger partial charge < -0.3 is 20.3 Å². The number of methoxy groups -OCH3 is 1. The van der Waals surface area contributed by atoms with Crippen LogP contribution in [-0.4, -0.2) is 28.6 Å². The molecule has 0 aliphatic carbocycles. The zero-order chi connectivity index (χ0) is 8.36. The summed E-state index contributed by atoms with van der Waals surface area (Å²) in [4.78, 5) is 26.9. The summed E-state index contributed by atoms with van der Waals surface area (Å²) >= 11 is 0. The van der Waals surface area contributed by atoms with Crippen molar-refractivity contribution in [1.82, 2.24) is 0 Å². The minimum atomic E-state index is -4.53. The highest BCUT2D eigenvalue weighted by Gasteiger charge is 2.32. The second-order valence-corrected chi connectivity index (χ2v) is 3.29. The number of nitrogens with two attached hydrogens (primary N) is 1. The van der Waals surface area contributed by atoms with Gasteiger partial charge >= 0.3 is 13.6 Å². The molecule has 0 saturated heterocycles. The zero-order valence-electron chi connectivity index (χ0n) is 5.22. The summed E-state index contributed by atoms with van der Waals surface area (Å²) in [6, 6.07) is 0. The molecule has 1 atom stereocenters. The van der Waals surface area contributed by atoms with Crippen molar-refractivity contribution in [1.29, 1.82) is 0 Å². The highest BCUT2D eigenvalue weighted by Crippen LogP contribution is 2.38. The third kappa shape index (κ3) is 2.45. The largest absolute Gasteiger partial charge is 0.467 e. The van der Waals surface area contributed by atoms with Crippen molar-refractivity contribution in [2.24, 2.45) is 5.73 Å². The van der Waals surface area contributed by atoms with Crippen molar-refractivity contribution in [2.75, 3.05) is 7.11 Å². The van der Waals surface area contributed by atoms with E-state index in [1.807, 2.05) is 0 Å². The molecule has 0 radical (unpaired) electrons. The van der Waals surface area contributed by atoms with Gasteiger partial charge in [0.1, 0.15) is 0 Å². The fourth-order valence-electron chi connectivity index (χ4n) is 0.258. The third-order valence-corrected chi connectivity index (χ3v) is 1.74. The lowest BCUT2D eigenvalue weighted by atomic mass is 10.7. The lowest BCUT2D eigenvalue weighted by Gasteiger charge is -2.09. The van der Waals surface area contributed by atoms with E-state index in [0.717, 1.165) is 7.11 Å². The lowest BCUT2D eigenvalue weighted by Crippen LogP contribution is -2.31. The molecular weight excluding hydrogens is 161 g/mol. The zero-order valence-corrected chi connectivity index (χ0v) is 6.12. The van der Waals surface area contributed by atoms with Crippen LogP contribution in [0.15, 0.2) is 0 Å². The van der Waals surface area contributed by atoms with E-state index in [1.165, 1.54) is 0 Å². The first-order chi connectivity index (χ1) is 4.39. The molecule has 0 aromatic heterocycles. The molecule has 0 aliphatic rings. The van der Waals surface area contributed by atoms with Gasteiger partial charge in [0.2, 0.25) is 5.78 Å². The van der Waals surface area contributed by atoms with Crippen LogP contribution in [0.1, 0.15) is 0 Å². The Hall–Kier alpha value is -0.420.